The molecule has 4 nitrogen and oxygen atoms in total. The molecule has 1 aliphatic heterocycles. The monoisotopic (exact) mass is 292 g/mol. The average Bonchev–Trinajstić information content (AvgIpc) is 2.97. The van der Waals surface area contributed by atoms with Crippen LogP contribution < -0.4 is 5.32 Å². The van der Waals surface area contributed by atoms with Crippen molar-refractivity contribution in [3.63, 3.8) is 0 Å². The van der Waals surface area contributed by atoms with Crippen LogP contribution in [0, 0.1) is 0 Å². The number of imidazole rings is 1. The molecule has 0 bridgehead atoms. The molecule has 0 aliphatic carbocycles. The molecule has 1 saturated heterocycles. The highest BCUT2D eigenvalue weighted by molar-refractivity contribution is 5.10. The highest BCUT2D eigenvalue weighted by Crippen LogP contribution is 2.35. The molecule has 120 valence electrons. The maximum absolute atomic E-state index is 4.69. The Morgan fingerprint density at radius 3 is 2.57 bits per heavy atom. The van der Waals surface area contributed by atoms with Gasteiger partial charge in [0.2, 0.25) is 0 Å². The third-order valence-corrected chi connectivity index (χ3v) is 5.18. The van der Waals surface area contributed by atoms with Crippen molar-refractivity contribution in [3.05, 3.63) is 18.2 Å². The first-order chi connectivity index (χ1) is 10.2. The first kappa shape index (κ1) is 16.5. The predicted octanol–water partition coefficient (Wildman–Crippen LogP) is 3.21. The summed E-state index contributed by atoms with van der Waals surface area (Å²) in [6.45, 7) is 10.4. The van der Waals surface area contributed by atoms with Crippen LogP contribution in [0.4, 0.5) is 0 Å². The number of likely N-dealkylation sites (tertiary alicyclic amines) is 1. The molecular formula is C17H32N4. The van der Waals surface area contributed by atoms with Crippen LogP contribution in [0.1, 0.15) is 64.7 Å². The number of hydrogen-bond donors (Lipinski definition) is 1. The van der Waals surface area contributed by atoms with Crippen molar-refractivity contribution >= 4 is 0 Å². The van der Waals surface area contributed by atoms with Gasteiger partial charge in [0.25, 0.3) is 0 Å². The molecule has 2 rings (SSSR count). The van der Waals surface area contributed by atoms with E-state index in [-0.39, 0.29) is 11.6 Å². The summed E-state index contributed by atoms with van der Waals surface area (Å²) in [4.78, 5) is 7.37. The Hall–Kier alpha value is -0.870. The fraction of sp³-hybridized carbons (Fsp3) is 0.824. The molecule has 0 saturated carbocycles. The first-order valence-electron chi connectivity index (χ1n) is 8.60. The van der Waals surface area contributed by atoms with Gasteiger partial charge in [-0.3, -0.25) is 4.90 Å². The van der Waals surface area contributed by atoms with E-state index >= 15 is 0 Å². The molecule has 2 heterocycles. The van der Waals surface area contributed by atoms with Gasteiger partial charge in [-0.25, -0.2) is 4.98 Å². The van der Waals surface area contributed by atoms with Crippen LogP contribution in [0.2, 0.25) is 0 Å². The fourth-order valence-electron chi connectivity index (χ4n) is 3.74. The van der Waals surface area contributed by atoms with Crippen LogP contribution in [0.5, 0.6) is 0 Å². The second-order valence-electron chi connectivity index (χ2n) is 6.46. The molecule has 2 atom stereocenters. The van der Waals surface area contributed by atoms with Gasteiger partial charge in [0.15, 0.2) is 0 Å². The highest BCUT2D eigenvalue weighted by atomic mass is 15.2. The van der Waals surface area contributed by atoms with Gasteiger partial charge in [-0.05, 0) is 52.7 Å². The van der Waals surface area contributed by atoms with Crippen LogP contribution in [0.25, 0.3) is 0 Å². The van der Waals surface area contributed by atoms with Crippen molar-refractivity contribution in [1.29, 1.82) is 0 Å². The van der Waals surface area contributed by atoms with E-state index < -0.39 is 0 Å². The standard InChI is InChI=1S/C17H32N4/c1-5-11-20-14-10-19-16(20)15(18-4)17(3,6-2)21-12-8-7-9-13-21/h10,14-15,18H,5-9,11-13H2,1-4H3. The lowest BCUT2D eigenvalue weighted by molar-refractivity contribution is 0.0411. The molecule has 1 aromatic heterocycles. The summed E-state index contributed by atoms with van der Waals surface area (Å²) in [6.07, 6.45) is 10.4. The van der Waals surface area contributed by atoms with Crippen molar-refractivity contribution in [2.45, 2.75) is 71.0 Å². The predicted molar refractivity (Wildman–Crippen MR) is 88.4 cm³/mol. The zero-order valence-electron chi connectivity index (χ0n) is 14.2. The Balaban J connectivity index is 2.29. The minimum absolute atomic E-state index is 0.131. The van der Waals surface area contributed by atoms with E-state index in [0.717, 1.165) is 19.4 Å². The fourth-order valence-corrected chi connectivity index (χ4v) is 3.74. The summed E-state index contributed by atoms with van der Waals surface area (Å²) in [5.41, 5.74) is 0.131. The summed E-state index contributed by atoms with van der Waals surface area (Å²) < 4.78 is 2.32. The van der Waals surface area contributed by atoms with E-state index in [2.05, 4.69) is 53.8 Å². The maximum Gasteiger partial charge on any atom is 0.127 e. The lowest BCUT2D eigenvalue weighted by Crippen LogP contribution is -2.56. The van der Waals surface area contributed by atoms with E-state index in [1.165, 1.54) is 38.2 Å². The van der Waals surface area contributed by atoms with Crippen LogP contribution in [0.3, 0.4) is 0 Å². The second kappa shape index (κ2) is 7.41. The highest BCUT2D eigenvalue weighted by Gasteiger charge is 2.40. The van der Waals surface area contributed by atoms with Crippen LogP contribution in [0.15, 0.2) is 12.4 Å². The summed E-state index contributed by atoms with van der Waals surface area (Å²) in [5.74, 6) is 1.19. The third-order valence-electron chi connectivity index (χ3n) is 5.18. The van der Waals surface area contributed by atoms with Gasteiger partial charge in [0, 0.05) is 24.5 Å². The molecular weight excluding hydrogens is 260 g/mol. The molecule has 1 N–H and O–H groups in total. The number of nitrogens with one attached hydrogen (secondary N) is 1. The normalized spacial score (nSPS) is 21.1. The Bertz CT molecular complexity index is 422. The zero-order valence-corrected chi connectivity index (χ0v) is 14.2. The molecule has 0 spiro atoms. The zero-order chi connectivity index (χ0) is 15.3. The smallest absolute Gasteiger partial charge is 0.127 e. The summed E-state index contributed by atoms with van der Waals surface area (Å²) in [7, 11) is 2.08. The Morgan fingerprint density at radius 1 is 1.29 bits per heavy atom. The maximum atomic E-state index is 4.69. The number of aryl methyl sites for hydroxylation is 1. The number of piperidine rings is 1. The van der Waals surface area contributed by atoms with E-state index in [9.17, 15) is 0 Å². The van der Waals surface area contributed by atoms with Gasteiger partial charge >= 0.3 is 0 Å². The minimum atomic E-state index is 0.131. The van der Waals surface area contributed by atoms with Crippen molar-refractivity contribution in [3.8, 4) is 0 Å². The largest absolute Gasteiger partial charge is 0.334 e. The molecule has 0 aromatic carbocycles. The lowest BCUT2D eigenvalue weighted by Gasteiger charge is -2.47. The molecule has 4 heteroatoms. The molecule has 2 unspecified atom stereocenters. The third kappa shape index (κ3) is 3.32. The van der Waals surface area contributed by atoms with E-state index in [1.54, 1.807) is 0 Å². The van der Waals surface area contributed by atoms with Crippen LogP contribution >= 0.6 is 0 Å². The van der Waals surface area contributed by atoms with E-state index in [0.29, 0.717) is 0 Å². The van der Waals surface area contributed by atoms with Gasteiger partial charge in [0.05, 0.1) is 6.04 Å². The average molecular weight is 292 g/mol. The summed E-state index contributed by atoms with van der Waals surface area (Å²) >= 11 is 0. The quantitative estimate of drug-likeness (QED) is 0.838. The molecule has 1 aromatic rings. The van der Waals surface area contributed by atoms with Gasteiger partial charge < -0.3 is 9.88 Å². The number of aromatic nitrogens is 2. The number of likely N-dealkylation sites (N-methyl/N-ethyl adjacent to an activating group) is 1. The van der Waals surface area contributed by atoms with E-state index in [1.807, 2.05) is 6.20 Å². The van der Waals surface area contributed by atoms with Crippen molar-refractivity contribution in [1.82, 2.24) is 19.8 Å². The van der Waals surface area contributed by atoms with E-state index in [4.69, 9.17) is 0 Å². The molecule has 0 amide bonds. The van der Waals surface area contributed by atoms with Gasteiger partial charge in [0.1, 0.15) is 5.82 Å². The SMILES string of the molecule is CCCn1ccnc1C(NC)C(C)(CC)N1CCCCC1. The van der Waals surface area contributed by atoms with Crippen LogP contribution in [-0.4, -0.2) is 40.1 Å². The Morgan fingerprint density at radius 2 is 2.00 bits per heavy atom. The number of hydrogen-bond acceptors (Lipinski definition) is 3. The topological polar surface area (TPSA) is 33.1 Å². The van der Waals surface area contributed by atoms with Gasteiger partial charge in [-0.2, -0.15) is 0 Å². The van der Waals surface area contributed by atoms with Crippen molar-refractivity contribution in [2.75, 3.05) is 20.1 Å². The second-order valence-corrected chi connectivity index (χ2v) is 6.46. The Labute approximate surface area is 129 Å². The van der Waals surface area contributed by atoms with Gasteiger partial charge in [-0.15, -0.1) is 0 Å². The molecule has 1 fully saturated rings. The first-order valence-corrected chi connectivity index (χ1v) is 8.60. The molecule has 1 aliphatic rings. The minimum Gasteiger partial charge on any atom is -0.334 e. The van der Waals surface area contributed by atoms with Gasteiger partial charge in [-0.1, -0.05) is 20.3 Å². The molecule has 0 radical (unpaired) electrons. The lowest BCUT2D eigenvalue weighted by atomic mass is 9.85. The number of nitrogens with zero attached hydrogens (tertiary/aromatic N) is 3. The number of rotatable bonds is 7. The Kier molecular flexibility index (Phi) is 5.82. The summed E-state index contributed by atoms with van der Waals surface area (Å²) in [5, 5.41) is 3.57. The van der Waals surface area contributed by atoms with Crippen molar-refractivity contribution in [2.24, 2.45) is 0 Å². The van der Waals surface area contributed by atoms with Crippen molar-refractivity contribution < 1.29 is 0 Å². The molecule has 21 heavy (non-hydrogen) atoms. The summed E-state index contributed by atoms with van der Waals surface area (Å²) in [6, 6.07) is 0.280. The van der Waals surface area contributed by atoms with Crippen LogP contribution in [-0.2, 0) is 6.54 Å².